The molecule has 0 bridgehead atoms. The van der Waals surface area contributed by atoms with Crippen LogP contribution in [0.2, 0.25) is 0 Å². The van der Waals surface area contributed by atoms with Crippen LogP contribution in [0.15, 0.2) is 42.6 Å². The first-order valence-corrected chi connectivity index (χ1v) is 10.5. The van der Waals surface area contributed by atoms with Crippen molar-refractivity contribution in [2.24, 2.45) is 0 Å². The first kappa shape index (κ1) is 22.0. The summed E-state index contributed by atoms with van der Waals surface area (Å²) in [4.78, 5) is 6.52. The van der Waals surface area contributed by atoms with Gasteiger partial charge in [0.05, 0.1) is 55.3 Å². The first-order chi connectivity index (χ1) is 16.3. The van der Waals surface area contributed by atoms with Gasteiger partial charge in [-0.2, -0.15) is 28.5 Å². The number of alkyl halides is 3. The van der Waals surface area contributed by atoms with Gasteiger partial charge in [-0.1, -0.05) is 0 Å². The number of aliphatic hydroxyl groups excluding tert-OH is 1. The number of anilines is 2. The number of nitrogens with one attached hydrogen (secondary N) is 2. The number of nitrogens with zero attached hydrogens (tertiary/aromatic N) is 8. The topological polar surface area (TPSA) is 123 Å². The zero-order chi connectivity index (χ0) is 23.9. The number of nitriles is 1. The quantitative estimate of drug-likeness (QED) is 0.463. The Bertz CT molecular complexity index is 1270. The van der Waals surface area contributed by atoms with Gasteiger partial charge in [-0.25, -0.2) is 9.94 Å². The number of hydrogen-bond acceptors (Lipinski definition) is 9. The van der Waals surface area contributed by atoms with E-state index in [4.69, 9.17) is 5.11 Å². The van der Waals surface area contributed by atoms with E-state index in [0.29, 0.717) is 37.8 Å². The number of pyridine rings is 1. The van der Waals surface area contributed by atoms with E-state index in [0.717, 1.165) is 23.8 Å². The van der Waals surface area contributed by atoms with Crippen molar-refractivity contribution in [3.05, 3.63) is 48.2 Å². The summed E-state index contributed by atoms with van der Waals surface area (Å²) in [6.07, 6.45) is 0.850. The summed E-state index contributed by atoms with van der Waals surface area (Å²) in [5, 5.41) is 31.6. The van der Waals surface area contributed by atoms with Crippen molar-refractivity contribution >= 4 is 17.3 Å². The maximum Gasteiger partial charge on any atom is 0.419 e. The monoisotopic (exact) mass is 474 g/mol. The Morgan fingerprint density at radius 1 is 1.32 bits per heavy atom. The predicted molar refractivity (Wildman–Crippen MR) is 114 cm³/mol. The third kappa shape index (κ3) is 3.88. The Morgan fingerprint density at radius 3 is 2.85 bits per heavy atom. The minimum atomic E-state index is -4.49. The molecule has 0 aromatic carbocycles. The van der Waals surface area contributed by atoms with Crippen LogP contribution in [0.4, 0.5) is 24.8 Å². The molecule has 3 N–H and O–H groups in total. The zero-order valence-corrected chi connectivity index (χ0v) is 17.9. The molecule has 0 amide bonds. The normalized spacial score (nSPS) is 17.6. The summed E-state index contributed by atoms with van der Waals surface area (Å²) in [7, 11) is 0. The second-order valence-corrected chi connectivity index (χ2v) is 8.21. The van der Waals surface area contributed by atoms with E-state index in [2.05, 4.69) is 32.0 Å². The number of rotatable bonds is 7. The molecule has 0 spiro atoms. The minimum absolute atomic E-state index is 0.0198. The molecule has 14 heteroatoms. The van der Waals surface area contributed by atoms with Crippen LogP contribution >= 0.6 is 0 Å². The second-order valence-electron chi connectivity index (χ2n) is 8.21. The molecule has 0 radical (unpaired) electrons. The lowest BCUT2D eigenvalue weighted by Gasteiger charge is -2.50. The summed E-state index contributed by atoms with van der Waals surface area (Å²) in [5.74, 6) is 0.386. The summed E-state index contributed by atoms with van der Waals surface area (Å²) in [5.41, 5.74) is 3.56. The Morgan fingerprint density at radius 2 is 2.15 bits per heavy atom. The summed E-state index contributed by atoms with van der Waals surface area (Å²) >= 11 is 0. The smallest absolute Gasteiger partial charge is 0.394 e. The average Bonchev–Trinajstić information content (AvgIpc) is 3.50. The van der Waals surface area contributed by atoms with Gasteiger partial charge >= 0.3 is 6.18 Å². The molecule has 5 heterocycles. The third-order valence-corrected chi connectivity index (χ3v) is 5.85. The molecular formula is C20H21F3N10O. The predicted octanol–water partition coefficient (Wildman–Crippen LogP) is 1.14. The van der Waals surface area contributed by atoms with Gasteiger partial charge < -0.3 is 20.3 Å². The molecule has 2 aliphatic rings. The highest BCUT2D eigenvalue weighted by atomic mass is 19.4. The van der Waals surface area contributed by atoms with Crippen molar-refractivity contribution in [2.45, 2.75) is 18.1 Å². The van der Waals surface area contributed by atoms with E-state index in [1.165, 1.54) is 4.68 Å². The van der Waals surface area contributed by atoms with Gasteiger partial charge in [-0.05, 0) is 12.1 Å². The first-order valence-electron chi connectivity index (χ1n) is 10.5. The van der Waals surface area contributed by atoms with Crippen LogP contribution in [0.5, 0.6) is 0 Å². The Labute approximate surface area is 191 Å². The van der Waals surface area contributed by atoms with Gasteiger partial charge in [0, 0.05) is 31.7 Å². The van der Waals surface area contributed by atoms with Gasteiger partial charge in [-0.3, -0.25) is 4.68 Å². The largest absolute Gasteiger partial charge is 0.419 e. The average molecular weight is 474 g/mol. The number of halogens is 3. The van der Waals surface area contributed by atoms with Crippen LogP contribution in [-0.4, -0.2) is 67.3 Å². The maximum atomic E-state index is 13.0. The van der Waals surface area contributed by atoms with E-state index < -0.39 is 17.3 Å². The van der Waals surface area contributed by atoms with Gasteiger partial charge in [0.25, 0.3) is 0 Å². The fourth-order valence-corrected chi connectivity index (χ4v) is 4.18. The van der Waals surface area contributed by atoms with E-state index in [1.54, 1.807) is 21.8 Å². The van der Waals surface area contributed by atoms with Crippen LogP contribution in [0.1, 0.15) is 12.0 Å². The molecule has 34 heavy (non-hydrogen) atoms. The minimum Gasteiger partial charge on any atom is -0.394 e. The maximum absolute atomic E-state index is 13.0. The Balaban J connectivity index is 1.36. The molecule has 3 aromatic heterocycles. The fourth-order valence-electron chi connectivity index (χ4n) is 4.18. The summed E-state index contributed by atoms with van der Waals surface area (Å²) in [6, 6.07) is 5.74. The van der Waals surface area contributed by atoms with E-state index in [1.807, 2.05) is 17.2 Å². The van der Waals surface area contributed by atoms with E-state index in [9.17, 15) is 18.4 Å². The van der Waals surface area contributed by atoms with Gasteiger partial charge in [0.15, 0.2) is 5.65 Å². The summed E-state index contributed by atoms with van der Waals surface area (Å²) < 4.78 is 42.0. The van der Waals surface area contributed by atoms with E-state index in [-0.39, 0.29) is 13.0 Å². The number of aliphatic hydroxyl groups is 1. The molecule has 2 aliphatic heterocycles. The number of hydrazine groups is 1. The van der Waals surface area contributed by atoms with E-state index >= 15 is 0 Å². The standard InChI is InChI=1S/C20H21F3N10O/c21-20(22,23)14-8-26-33(10-14)19(3-4-24)12-30(13-19)16-2-1-5-32-17(16)28-18(29-32)27-15-9-25-31(11-15)6-7-34/h1-2,5,8,10-11,25,34H,3,6-7,9,12-13H2,(H,27,29). The second kappa shape index (κ2) is 8.19. The lowest BCUT2D eigenvalue weighted by atomic mass is 9.86. The molecular weight excluding hydrogens is 453 g/mol. The zero-order valence-electron chi connectivity index (χ0n) is 17.9. The van der Waals surface area contributed by atoms with Crippen LogP contribution in [0, 0.1) is 11.3 Å². The van der Waals surface area contributed by atoms with Gasteiger partial charge in [0.2, 0.25) is 5.95 Å². The number of β-amino-alcohol motifs (C(OH)–C–C–N with tert-alkyl or cyclic N) is 1. The number of aromatic nitrogens is 5. The van der Waals surface area contributed by atoms with Crippen LogP contribution in [0.3, 0.4) is 0 Å². The number of fused-ring (bicyclic) bond motifs is 1. The third-order valence-electron chi connectivity index (χ3n) is 5.85. The van der Waals surface area contributed by atoms with Crippen LogP contribution in [0.25, 0.3) is 5.65 Å². The highest BCUT2D eigenvalue weighted by molar-refractivity contribution is 5.71. The summed E-state index contributed by atoms with van der Waals surface area (Å²) in [6.45, 7) is 1.62. The molecule has 1 saturated heterocycles. The van der Waals surface area contributed by atoms with Crippen LogP contribution < -0.4 is 15.6 Å². The van der Waals surface area contributed by atoms with Crippen molar-refractivity contribution in [1.29, 1.82) is 5.26 Å². The Kier molecular flexibility index (Phi) is 5.29. The highest BCUT2D eigenvalue weighted by Gasteiger charge is 2.47. The molecule has 178 valence electrons. The van der Waals surface area contributed by atoms with Crippen molar-refractivity contribution in [1.82, 2.24) is 34.8 Å². The van der Waals surface area contributed by atoms with Crippen molar-refractivity contribution in [3.8, 4) is 6.07 Å². The lowest BCUT2D eigenvalue weighted by Crippen LogP contribution is -2.63. The molecule has 0 unspecified atom stereocenters. The van der Waals surface area contributed by atoms with Gasteiger partial charge in [-0.15, -0.1) is 5.10 Å². The number of hydrogen-bond donors (Lipinski definition) is 3. The van der Waals surface area contributed by atoms with Crippen molar-refractivity contribution in [3.63, 3.8) is 0 Å². The SMILES string of the molecule is N#CCC1(n2cc(C(F)(F)F)cn2)CN(c2cccn3nc(NC4=CN(CCO)NC4)nc23)C1. The highest BCUT2D eigenvalue weighted by Crippen LogP contribution is 2.38. The molecule has 0 atom stereocenters. The molecule has 11 nitrogen and oxygen atoms in total. The molecule has 1 fully saturated rings. The molecule has 5 rings (SSSR count). The molecule has 3 aromatic rings. The van der Waals surface area contributed by atoms with Crippen molar-refractivity contribution in [2.75, 3.05) is 43.0 Å². The lowest BCUT2D eigenvalue weighted by molar-refractivity contribution is -0.137. The van der Waals surface area contributed by atoms with Gasteiger partial charge in [0.1, 0.15) is 5.54 Å². The fraction of sp³-hybridized carbons (Fsp3) is 0.400. The van der Waals surface area contributed by atoms with Crippen LogP contribution in [-0.2, 0) is 11.7 Å². The molecule has 0 aliphatic carbocycles. The Hall–Kier alpha value is -3.83. The van der Waals surface area contributed by atoms with Crippen molar-refractivity contribution < 1.29 is 18.3 Å². The molecule has 0 saturated carbocycles.